The fraction of sp³-hybridized carbons (Fsp3) is 0.562. The highest BCUT2D eigenvalue weighted by molar-refractivity contribution is 5.92. The Morgan fingerprint density at radius 3 is 2.32 bits per heavy atom. The molecule has 0 atom stereocenters. The molecule has 2 N–H and O–H groups in total. The zero-order valence-corrected chi connectivity index (χ0v) is 11.7. The van der Waals surface area contributed by atoms with Crippen molar-refractivity contribution in [2.75, 3.05) is 0 Å². The molecule has 1 rings (SSSR count). The topological polar surface area (TPSA) is 57.5 Å². The number of unbranched alkanes of at least 4 members (excludes halogenated alkanes) is 6. The number of phenols is 1. The molecule has 19 heavy (non-hydrogen) atoms. The highest BCUT2D eigenvalue weighted by Crippen LogP contribution is 2.22. The lowest BCUT2D eigenvalue weighted by Gasteiger charge is -2.07. The van der Waals surface area contributed by atoms with Crippen LogP contribution in [0.25, 0.3) is 0 Å². The van der Waals surface area contributed by atoms with E-state index in [0.717, 1.165) is 24.8 Å². The van der Waals surface area contributed by atoms with Crippen molar-refractivity contribution in [3.05, 3.63) is 29.3 Å². The van der Waals surface area contributed by atoms with Crippen LogP contribution in [0, 0.1) is 0 Å². The molecule has 0 unspecified atom stereocenters. The number of carbonyl (C=O) groups is 1. The first-order valence-electron chi connectivity index (χ1n) is 7.21. The Labute approximate surface area is 115 Å². The first kappa shape index (κ1) is 15.5. The minimum absolute atomic E-state index is 0.0634. The van der Waals surface area contributed by atoms with Crippen LogP contribution in [0.3, 0.4) is 0 Å². The molecule has 0 spiro atoms. The van der Waals surface area contributed by atoms with Crippen molar-refractivity contribution < 1.29 is 15.0 Å². The Hall–Kier alpha value is -1.51. The molecule has 0 heterocycles. The molecule has 0 aromatic heterocycles. The Morgan fingerprint density at radius 1 is 1.05 bits per heavy atom. The van der Waals surface area contributed by atoms with E-state index in [4.69, 9.17) is 5.11 Å². The van der Waals surface area contributed by atoms with Gasteiger partial charge < -0.3 is 10.2 Å². The van der Waals surface area contributed by atoms with Crippen LogP contribution in [0.15, 0.2) is 18.2 Å². The predicted octanol–water partition coefficient (Wildman–Crippen LogP) is 4.38. The van der Waals surface area contributed by atoms with E-state index in [1.165, 1.54) is 38.2 Å². The van der Waals surface area contributed by atoms with Crippen molar-refractivity contribution in [3.63, 3.8) is 0 Å². The summed E-state index contributed by atoms with van der Waals surface area (Å²) in [5.41, 5.74) is 0.801. The summed E-state index contributed by atoms with van der Waals surface area (Å²) in [4.78, 5) is 11.1. The van der Waals surface area contributed by atoms with Gasteiger partial charge >= 0.3 is 5.97 Å². The van der Waals surface area contributed by atoms with Crippen molar-refractivity contribution in [3.8, 4) is 5.75 Å². The zero-order chi connectivity index (χ0) is 14.1. The lowest BCUT2D eigenvalue weighted by molar-refractivity contribution is 0.0692. The number of carboxylic acids is 1. The van der Waals surface area contributed by atoms with Gasteiger partial charge in [-0.15, -0.1) is 0 Å². The molecule has 0 aliphatic heterocycles. The van der Waals surface area contributed by atoms with Crippen molar-refractivity contribution in [1.29, 1.82) is 0 Å². The summed E-state index contributed by atoms with van der Waals surface area (Å²) >= 11 is 0. The molecule has 1 aromatic carbocycles. The Kier molecular flexibility index (Phi) is 7.01. The van der Waals surface area contributed by atoms with Crippen LogP contribution in [0.4, 0.5) is 0 Å². The molecule has 0 amide bonds. The lowest BCUT2D eigenvalue weighted by Crippen LogP contribution is -2.03. The lowest BCUT2D eigenvalue weighted by atomic mass is 9.99. The van der Waals surface area contributed by atoms with Gasteiger partial charge in [0.25, 0.3) is 0 Å². The molecule has 0 bridgehead atoms. The van der Waals surface area contributed by atoms with E-state index in [-0.39, 0.29) is 11.3 Å². The Morgan fingerprint density at radius 2 is 1.68 bits per heavy atom. The van der Waals surface area contributed by atoms with Crippen LogP contribution in [0.1, 0.15) is 67.8 Å². The fourth-order valence-corrected chi connectivity index (χ4v) is 2.31. The highest BCUT2D eigenvalue weighted by atomic mass is 16.4. The van der Waals surface area contributed by atoms with Gasteiger partial charge in [0.15, 0.2) is 0 Å². The second-order valence-corrected chi connectivity index (χ2v) is 4.99. The van der Waals surface area contributed by atoms with Gasteiger partial charge in [-0.25, -0.2) is 4.79 Å². The summed E-state index contributed by atoms with van der Waals surface area (Å²) in [7, 11) is 0. The number of benzene rings is 1. The summed E-state index contributed by atoms with van der Waals surface area (Å²) in [5.74, 6) is -1.18. The van der Waals surface area contributed by atoms with Gasteiger partial charge in [-0.1, -0.05) is 57.6 Å². The quantitative estimate of drug-likeness (QED) is 0.650. The average molecular weight is 264 g/mol. The molecule has 0 aliphatic rings. The summed E-state index contributed by atoms with van der Waals surface area (Å²) in [6.45, 7) is 2.20. The maximum Gasteiger partial charge on any atom is 0.339 e. The maximum atomic E-state index is 11.1. The molecule has 0 saturated heterocycles. The van der Waals surface area contributed by atoms with Crippen LogP contribution in [-0.2, 0) is 6.42 Å². The van der Waals surface area contributed by atoms with Crippen LogP contribution >= 0.6 is 0 Å². The molecule has 0 saturated carbocycles. The van der Waals surface area contributed by atoms with E-state index in [2.05, 4.69) is 6.92 Å². The summed E-state index contributed by atoms with van der Waals surface area (Å²) in [6.07, 6.45) is 9.16. The van der Waals surface area contributed by atoms with Crippen LogP contribution < -0.4 is 0 Å². The fourth-order valence-electron chi connectivity index (χ4n) is 2.31. The van der Waals surface area contributed by atoms with E-state index in [0.29, 0.717) is 0 Å². The van der Waals surface area contributed by atoms with E-state index in [1.807, 2.05) is 0 Å². The molecule has 0 aliphatic carbocycles. The average Bonchev–Trinajstić information content (AvgIpc) is 2.37. The van der Waals surface area contributed by atoms with Crippen LogP contribution in [-0.4, -0.2) is 16.2 Å². The number of rotatable bonds is 9. The number of carboxylic acid groups (broad SMARTS) is 1. The van der Waals surface area contributed by atoms with Gasteiger partial charge in [0.2, 0.25) is 0 Å². The maximum absolute atomic E-state index is 11.1. The normalized spacial score (nSPS) is 10.6. The van der Waals surface area contributed by atoms with Crippen molar-refractivity contribution in [2.45, 2.75) is 58.3 Å². The largest absolute Gasteiger partial charge is 0.507 e. The molecule has 0 fully saturated rings. The van der Waals surface area contributed by atoms with Crippen molar-refractivity contribution >= 4 is 5.97 Å². The minimum Gasteiger partial charge on any atom is -0.507 e. The monoisotopic (exact) mass is 264 g/mol. The van der Waals surface area contributed by atoms with E-state index < -0.39 is 5.97 Å². The van der Waals surface area contributed by atoms with E-state index in [1.54, 1.807) is 12.1 Å². The van der Waals surface area contributed by atoms with Crippen molar-refractivity contribution in [1.82, 2.24) is 0 Å². The third-order valence-corrected chi connectivity index (χ3v) is 3.39. The van der Waals surface area contributed by atoms with Gasteiger partial charge in [0.1, 0.15) is 11.3 Å². The molecular weight excluding hydrogens is 240 g/mol. The van der Waals surface area contributed by atoms with E-state index >= 15 is 0 Å². The number of aromatic carboxylic acids is 1. The SMILES string of the molecule is CCCCCCCCCc1cccc(O)c1C(=O)O. The van der Waals surface area contributed by atoms with Gasteiger partial charge in [-0.05, 0) is 24.5 Å². The minimum atomic E-state index is -1.05. The Bertz CT molecular complexity index is 399. The predicted molar refractivity (Wildman–Crippen MR) is 76.8 cm³/mol. The summed E-state index contributed by atoms with van der Waals surface area (Å²) in [5, 5.41) is 18.7. The third kappa shape index (κ3) is 5.33. The summed E-state index contributed by atoms with van der Waals surface area (Å²) in [6, 6.07) is 4.93. The second-order valence-electron chi connectivity index (χ2n) is 4.99. The molecule has 0 radical (unpaired) electrons. The standard InChI is InChI=1S/C16H24O3/c1-2-3-4-5-6-7-8-10-13-11-9-12-14(17)15(13)16(18)19/h9,11-12,17H,2-8,10H2,1H3,(H,18,19). The molecular formula is C16H24O3. The molecule has 106 valence electrons. The van der Waals surface area contributed by atoms with Gasteiger partial charge in [-0.3, -0.25) is 0 Å². The van der Waals surface area contributed by atoms with Crippen LogP contribution in [0.2, 0.25) is 0 Å². The molecule has 3 nitrogen and oxygen atoms in total. The number of aryl methyl sites for hydroxylation is 1. The van der Waals surface area contributed by atoms with Crippen LogP contribution in [0.5, 0.6) is 5.75 Å². The van der Waals surface area contributed by atoms with Crippen molar-refractivity contribution in [2.24, 2.45) is 0 Å². The third-order valence-electron chi connectivity index (χ3n) is 3.39. The zero-order valence-electron chi connectivity index (χ0n) is 11.7. The smallest absolute Gasteiger partial charge is 0.339 e. The number of aromatic hydroxyl groups is 1. The van der Waals surface area contributed by atoms with Gasteiger partial charge in [0, 0.05) is 0 Å². The Balaban J connectivity index is 2.37. The molecule has 1 aromatic rings. The summed E-state index contributed by atoms with van der Waals surface area (Å²) < 4.78 is 0. The van der Waals surface area contributed by atoms with Gasteiger partial charge in [0.05, 0.1) is 0 Å². The first-order valence-corrected chi connectivity index (χ1v) is 7.21. The number of hydrogen-bond acceptors (Lipinski definition) is 2. The molecule has 3 heteroatoms. The van der Waals surface area contributed by atoms with Gasteiger partial charge in [-0.2, -0.15) is 0 Å². The number of hydrogen-bond donors (Lipinski definition) is 2. The van der Waals surface area contributed by atoms with E-state index in [9.17, 15) is 9.90 Å². The first-order chi connectivity index (χ1) is 9.16. The second kappa shape index (κ2) is 8.57. The highest BCUT2D eigenvalue weighted by Gasteiger charge is 2.14.